The van der Waals surface area contributed by atoms with E-state index in [2.05, 4.69) is 71.7 Å². The molecule has 4 aromatic carbocycles. The average molecular weight is 557 g/mol. The fraction of sp³-hybridized carbons (Fsp3) is 0.270. The van der Waals surface area contributed by atoms with Crippen LogP contribution >= 0.6 is 0 Å². The summed E-state index contributed by atoms with van der Waals surface area (Å²) in [7, 11) is 1.66. The Balaban J connectivity index is 1.34. The molecule has 2 aliphatic rings. The van der Waals surface area contributed by atoms with Crippen LogP contribution in [0.4, 0.5) is 0 Å². The Morgan fingerprint density at radius 3 is 2.17 bits per heavy atom. The third-order valence-corrected chi connectivity index (χ3v) is 9.99. The summed E-state index contributed by atoms with van der Waals surface area (Å²) in [6, 6.07) is 37.3. The van der Waals surface area contributed by atoms with Gasteiger partial charge in [-0.3, -0.25) is 4.79 Å². The normalized spacial score (nSPS) is 23.0. The van der Waals surface area contributed by atoms with Gasteiger partial charge in [-0.2, -0.15) is 0 Å². The number of rotatable bonds is 6. The monoisotopic (exact) mass is 556 g/mol. The number of nitrogens with one attached hydrogen (secondary N) is 1. The summed E-state index contributed by atoms with van der Waals surface area (Å²) < 4.78 is 5.77. The molecule has 1 amide bonds. The number of fused-ring (bicyclic) bond motifs is 2. The van der Waals surface area contributed by atoms with Crippen LogP contribution in [0.25, 0.3) is 10.9 Å². The lowest BCUT2D eigenvalue weighted by molar-refractivity contribution is -0.130. The molecule has 0 radical (unpaired) electrons. The molecule has 1 saturated carbocycles. The zero-order chi connectivity index (χ0) is 28.7. The minimum atomic E-state index is -1.14. The fourth-order valence-corrected chi connectivity index (χ4v) is 7.99. The summed E-state index contributed by atoms with van der Waals surface area (Å²) in [4.78, 5) is 19.4. The number of amides is 1. The Bertz CT molecular complexity index is 1670. The van der Waals surface area contributed by atoms with Crippen molar-refractivity contribution in [2.75, 3.05) is 20.2 Å². The highest BCUT2D eigenvalue weighted by molar-refractivity contribution is 5.89. The van der Waals surface area contributed by atoms with Crippen molar-refractivity contribution in [2.45, 2.75) is 30.3 Å². The molecule has 42 heavy (non-hydrogen) atoms. The highest BCUT2D eigenvalue weighted by Crippen LogP contribution is 2.60. The molecule has 3 atom stereocenters. The van der Waals surface area contributed by atoms with Crippen molar-refractivity contribution in [2.24, 2.45) is 11.8 Å². The molecule has 5 aromatic rings. The number of ether oxygens (including phenoxy) is 1. The van der Waals surface area contributed by atoms with Gasteiger partial charge in [-0.25, -0.2) is 0 Å². The summed E-state index contributed by atoms with van der Waals surface area (Å²) in [5.74, 6) is 0.591. The van der Waals surface area contributed by atoms with Gasteiger partial charge in [0.2, 0.25) is 5.91 Å². The van der Waals surface area contributed by atoms with Crippen molar-refractivity contribution in [1.29, 1.82) is 0 Å². The molecule has 1 aliphatic heterocycles. The van der Waals surface area contributed by atoms with Gasteiger partial charge in [0.15, 0.2) is 0 Å². The van der Waals surface area contributed by atoms with Gasteiger partial charge in [-0.05, 0) is 47.6 Å². The summed E-state index contributed by atoms with van der Waals surface area (Å²) in [5.41, 5.74) is 3.83. The lowest BCUT2D eigenvalue weighted by Crippen LogP contribution is -2.53. The second-order valence-electron chi connectivity index (χ2n) is 11.9. The van der Waals surface area contributed by atoms with E-state index >= 15 is 0 Å². The maximum Gasteiger partial charge on any atom is 0.227 e. The summed E-state index contributed by atoms with van der Waals surface area (Å²) in [6.45, 7) is 1.06. The van der Waals surface area contributed by atoms with Crippen LogP contribution < -0.4 is 4.74 Å². The number of benzene rings is 4. The summed E-state index contributed by atoms with van der Waals surface area (Å²) in [6.07, 6.45) is 3.58. The van der Waals surface area contributed by atoms with Gasteiger partial charge < -0.3 is 19.7 Å². The number of para-hydroxylation sites is 2. The SMILES string of the molecule is COc1ccccc1C1(O)CCC(c2ccccc2)(c2ccccc2)C2CN(C(=O)Cc3c[nH]c4ccccc34)CC21. The average Bonchev–Trinajstić information content (AvgIpc) is 3.69. The van der Waals surface area contributed by atoms with Gasteiger partial charge in [-0.15, -0.1) is 0 Å². The van der Waals surface area contributed by atoms with Gasteiger partial charge in [0, 0.05) is 47.1 Å². The summed E-state index contributed by atoms with van der Waals surface area (Å²) in [5, 5.41) is 13.8. The van der Waals surface area contributed by atoms with Crippen LogP contribution in [-0.4, -0.2) is 41.1 Å². The lowest BCUT2D eigenvalue weighted by atomic mass is 9.52. The molecule has 1 saturated heterocycles. The van der Waals surface area contributed by atoms with Crippen LogP contribution in [0.5, 0.6) is 5.75 Å². The number of methoxy groups -OCH3 is 1. The topological polar surface area (TPSA) is 65.6 Å². The van der Waals surface area contributed by atoms with Crippen molar-refractivity contribution in [3.63, 3.8) is 0 Å². The van der Waals surface area contributed by atoms with Crippen LogP contribution in [0.3, 0.4) is 0 Å². The predicted molar refractivity (Wildman–Crippen MR) is 165 cm³/mol. The number of carbonyl (C=O) groups excluding carboxylic acids is 1. The Hall–Kier alpha value is -4.35. The van der Waals surface area contributed by atoms with E-state index in [9.17, 15) is 9.90 Å². The number of nitrogens with zero attached hydrogens (tertiary/aromatic N) is 1. The van der Waals surface area contributed by atoms with E-state index in [1.165, 1.54) is 11.1 Å². The molecule has 5 heteroatoms. The van der Waals surface area contributed by atoms with Crippen LogP contribution in [-0.2, 0) is 22.2 Å². The molecule has 2 N–H and O–H groups in total. The van der Waals surface area contributed by atoms with Gasteiger partial charge in [0.1, 0.15) is 5.75 Å². The number of hydrogen-bond acceptors (Lipinski definition) is 3. The number of carbonyl (C=O) groups is 1. The number of hydrogen-bond donors (Lipinski definition) is 2. The second-order valence-corrected chi connectivity index (χ2v) is 11.9. The van der Waals surface area contributed by atoms with Crippen molar-refractivity contribution in [3.8, 4) is 5.75 Å². The van der Waals surface area contributed by atoms with Crippen molar-refractivity contribution in [3.05, 3.63) is 138 Å². The Morgan fingerprint density at radius 2 is 1.45 bits per heavy atom. The van der Waals surface area contributed by atoms with E-state index in [4.69, 9.17) is 4.74 Å². The molecule has 0 spiro atoms. The molecule has 3 unspecified atom stereocenters. The van der Waals surface area contributed by atoms with Crippen molar-refractivity contribution in [1.82, 2.24) is 9.88 Å². The zero-order valence-corrected chi connectivity index (χ0v) is 23.9. The van der Waals surface area contributed by atoms with E-state index in [1.54, 1.807) is 7.11 Å². The first-order valence-corrected chi connectivity index (χ1v) is 14.8. The first-order valence-electron chi connectivity index (χ1n) is 14.8. The molecule has 1 aliphatic carbocycles. The van der Waals surface area contributed by atoms with Crippen LogP contribution in [0, 0.1) is 11.8 Å². The molecule has 5 nitrogen and oxygen atoms in total. The largest absolute Gasteiger partial charge is 0.496 e. The van der Waals surface area contributed by atoms with Crippen LogP contribution in [0.1, 0.15) is 35.1 Å². The van der Waals surface area contributed by atoms with Crippen LogP contribution in [0.15, 0.2) is 115 Å². The molecule has 212 valence electrons. The van der Waals surface area contributed by atoms with Crippen molar-refractivity contribution >= 4 is 16.8 Å². The molecule has 2 fully saturated rings. The molecule has 7 rings (SSSR count). The van der Waals surface area contributed by atoms with Crippen LogP contribution in [0.2, 0.25) is 0 Å². The number of aromatic nitrogens is 1. The Labute approximate surface area is 246 Å². The maximum atomic E-state index is 14.1. The molecule has 2 heterocycles. The van der Waals surface area contributed by atoms with E-state index in [0.717, 1.165) is 28.5 Å². The highest BCUT2D eigenvalue weighted by atomic mass is 16.5. The standard InChI is InChI=1S/C37H36N2O3/c1-42-34-19-11-9-17-30(34)37(41)21-20-36(27-12-4-2-5-13-27,28-14-6-3-7-15-28)31-24-39(25-32(31)37)35(40)22-26-23-38-33-18-10-8-16-29(26)33/h2-19,23,31-32,38,41H,20-22,24-25H2,1H3. The molecule has 0 bridgehead atoms. The Kier molecular flexibility index (Phi) is 6.63. The van der Waals surface area contributed by atoms with Crippen molar-refractivity contribution < 1.29 is 14.6 Å². The number of aromatic amines is 1. The van der Waals surface area contributed by atoms with Gasteiger partial charge >= 0.3 is 0 Å². The third-order valence-electron chi connectivity index (χ3n) is 9.99. The van der Waals surface area contributed by atoms with E-state index < -0.39 is 5.60 Å². The quantitative estimate of drug-likeness (QED) is 0.252. The number of H-pyrrole nitrogens is 1. The molecule has 1 aromatic heterocycles. The molecular weight excluding hydrogens is 520 g/mol. The minimum Gasteiger partial charge on any atom is -0.496 e. The third kappa shape index (κ3) is 4.14. The lowest BCUT2D eigenvalue weighted by Gasteiger charge is -2.53. The van der Waals surface area contributed by atoms with E-state index in [1.807, 2.05) is 53.6 Å². The summed E-state index contributed by atoms with van der Waals surface area (Å²) >= 11 is 0. The second kappa shape index (κ2) is 10.5. The molecular formula is C37H36N2O3. The minimum absolute atomic E-state index is 0.00196. The zero-order valence-electron chi connectivity index (χ0n) is 23.9. The van der Waals surface area contributed by atoms with Gasteiger partial charge in [0.25, 0.3) is 0 Å². The number of aliphatic hydroxyl groups is 1. The van der Waals surface area contributed by atoms with E-state index in [0.29, 0.717) is 31.7 Å². The predicted octanol–water partition coefficient (Wildman–Crippen LogP) is 6.46. The highest BCUT2D eigenvalue weighted by Gasteiger charge is 2.61. The number of likely N-dealkylation sites (tertiary alicyclic amines) is 1. The first-order chi connectivity index (χ1) is 20.5. The van der Waals surface area contributed by atoms with E-state index in [-0.39, 0.29) is 23.2 Å². The van der Waals surface area contributed by atoms with Gasteiger partial charge in [0.05, 0.1) is 19.1 Å². The fourth-order valence-electron chi connectivity index (χ4n) is 7.99. The first kappa shape index (κ1) is 26.5. The maximum absolute atomic E-state index is 14.1. The van der Waals surface area contributed by atoms with Gasteiger partial charge in [-0.1, -0.05) is 97.1 Å². The smallest absolute Gasteiger partial charge is 0.227 e. The Morgan fingerprint density at radius 1 is 0.833 bits per heavy atom.